The highest BCUT2D eigenvalue weighted by molar-refractivity contribution is 6.07. The first-order valence-electron chi connectivity index (χ1n) is 14.1. The van der Waals surface area contributed by atoms with E-state index in [9.17, 15) is 14.9 Å². The van der Waals surface area contributed by atoms with Crippen LogP contribution in [-0.4, -0.2) is 54.5 Å². The van der Waals surface area contributed by atoms with Crippen molar-refractivity contribution in [3.8, 4) is 22.9 Å². The number of nitrogens with zero attached hydrogens (tertiary/aromatic N) is 3. The number of nitrogens with one attached hydrogen (secondary N) is 2. The van der Waals surface area contributed by atoms with Crippen LogP contribution in [0.3, 0.4) is 0 Å². The van der Waals surface area contributed by atoms with E-state index in [1.54, 1.807) is 18.3 Å². The molecule has 4 rings (SSSR count). The summed E-state index contributed by atoms with van der Waals surface area (Å²) in [5.74, 6) is -0.238. The monoisotopic (exact) mass is 553 g/mol. The number of hydrogen-bond acceptors (Lipinski definition) is 6. The van der Waals surface area contributed by atoms with Gasteiger partial charge in [-0.25, -0.2) is 0 Å². The lowest BCUT2D eigenvalue weighted by molar-refractivity contribution is 0.0940. The molecular weight excluding hydrogens is 514 g/mol. The Morgan fingerprint density at radius 1 is 1.15 bits per heavy atom. The van der Waals surface area contributed by atoms with Gasteiger partial charge in [-0.3, -0.25) is 19.5 Å². The van der Waals surface area contributed by atoms with Crippen molar-refractivity contribution in [3.05, 3.63) is 76.6 Å². The number of nitriles is 1. The van der Waals surface area contributed by atoms with Crippen molar-refractivity contribution in [1.82, 2.24) is 15.2 Å². The third kappa shape index (κ3) is 6.75. The first kappa shape index (κ1) is 29.8. The van der Waals surface area contributed by atoms with E-state index in [-0.39, 0.29) is 22.6 Å². The molecule has 0 spiro atoms. The van der Waals surface area contributed by atoms with Gasteiger partial charge < -0.3 is 15.4 Å². The molecule has 2 heterocycles. The normalized spacial score (nSPS) is 15.3. The zero-order chi connectivity index (χ0) is 29.7. The van der Waals surface area contributed by atoms with Crippen molar-refractivity contribution in [3.63, 3.8) is 0 Å². The molecule has 41 heavy (non-hydrogen) atoms. The number of benzene rings is 2. The minimum Gasteiger partial charge on any atom is -0.495 e. The van der Waals surface area contributed by atoms with E-state index in [1.165, 1.54) is 13.5 Å². The lowest BCUT2D eigenvalue weighted by Gasteiger charge is -2.22. The van der Waals surface area contributed by atoms with Crippen LogP contribution >= 0.6 is 0 Å². The quantitative estimate of drug-likeness (QED) is 0.371. The van der Waals surface area contributed by atoms with E-state index < -0.39 is 5.91 Å². The van der Waals surface area contributed by atoms with E-state index in [0.29, 0.717) is 29.4 Å². The van der Waals surface area contributed by atoms with Crippen LogP contribution < -0.4 is 15.4 Å². The fourth-order valence-electron chi connectivity index (χ4n) is 5.28. The predicted molar refractivity (Wildman–Crippen MR) is 161 cm³/mol. The maximum absolute atomic E-state index is 13.4. The molecule has 1 aliphatic rings. The lowest BCUT2D eigenvalue weighted by atomic mass is 9.84. The van der Waals surface area contributed by atoms with E-state index >= 15 is 0 Å². The summed E-state index contributed by atoms with van der Waals surface area (Å²) >= 11 is 0. The molecule has 0 saturated carbocycles. The van der Waals surface area contributed by atoms with Gasteiger partial charge in [-0.1, -0.05) is 39.8 Å². The van der Waals surface area contributed by atoms with Crippen molar-refractivity contribution in [1.29, 1.82) is 5.26 Å². The number of amides is 2. The van der Waals surface area contributed by atoms with Gasteiger partial charge in [0.2, 0.25) is 0 Å². The molecular formula is C33H39N5O3. The van der Waals surface area contributed by atoms with Crippen molar-refractivity contribution >= 4 is 17.5 Å². The molecule has 3 aromatic rings. The molecule has 2 aromatic carbocycles. The lowest BCUT2D eigenvalue weighted by Crippen LogP contribution is -2.40. The first-order valence-corrected chi connectivity index (χ1v) is 14.1. The number of methoxy groups -OCH3 is 1. The van der Waals surface area contributed by atoms with Crippen molar-refractivity contribution in [2.45, 2.75) is 58.9 Å². The molecule has 8 nitrogen and oxygen atoms in total. The molecule has 2 amide bonds. The van der Waals surface area contributed by atoms with Gasteiger partial charge in [0.15, 0.2) is 0 Å². The number of aryl methyl sites for hydroxylation is 1. The topological polar surface area (TPSA) is 107 Å². The summed E-state index contributed by atoms with van der Waals surface area (Å²) in [5.41, 5.74) is 4.82. The van der Waals surface area contributed by atoms with Crippen LogP contribution in [-0.2, 0) is 5.41 Å². The Hall–Kier alpha value is -4.22. The van der Waals surface area contributed by atoms with Crippen molar-refractivity contribution < 1.29 is 14.3 Å². The van der Waals surface area contributed by atoms with Crippen LogP contribution in [0.1, 0.15) is 78.1 Å². The number of ether oxygens (including phenoxy) is 1. The fraction of sp³-hybridized carbons (Fsp3) is 0.394. The highest BCUT2D eigenvalue weighted by atomic mass is 16.5. The molecule has 0 radical (unpaired) electrons. The number of aromatic nitrogens is 1. The molecule has 8 heteroatoms. The molecule has 0 aliphatic carbocycles. The molecule has 0 bridgehead atoms. The summed E-state index contributed by atoms with van der Waals surface area (Å²) in [6.07, 6.45) is 3.89. The zero-order valence-corrected chi connectivity index (χ0v) is 24.8. The molecule has 2 N–H and O–H groups in total. The van der Waals surface area contributed by atoms with Crippen LogP contribution in [0.4, 0.5) is 5.69 Å². The van der Waals surface area contributed by atoms with Gasteiger partial charge in [-0.05, 0) is 79.7 Å². The van der Waals surface area contributed by atoms with Crippen LogP contribution in [0.5, 0.6) is 5.75 Å². The third-order valence-electron chi connectivity index (χ3n) is 7.73. The van der Waals surface area contributed by atoms with E-state index in [2.05, 4.69) is 33.5 Å². The summed E-state index contributed by atoms with van der Waals surface area (Å²) in [5, 5.41) is 15.7. The molecule has 1 saturated heterocycles. The van der Waals surface area contributed by atoms with Crippen LogP contribution in [0, 0.1) is 18.3 Å². The Morgan fingerprint density at radius 3 is 2.51 bits per heavy atom. The Balaban J connectivity index is 1.52. The number of carbonyl (C=O) groups excluding carboxylic acids is 2. The Bertz CT molecular complexity index is 1470. The Labute approximate surface area is 242 Å². The van der Waals surface area contributed by atoms with E-state index in [1.807, 2.05) is 58.0 Å². The summed E-state index contributed by atoms with van der Waals surface area (Å²) in [4.78, 5) is 33.1. The number of carbonyl (C=O) groups is 2. The average Bonchev–Trinajstić information content (AvgIpc) is 3.43. The minimum absolute atomic E-state index is 0.0847. The zero-order valence-electron chi connectivity index (χ0n) is 24.8. The van der Waals surface area contributed by atoms with E-state index in [4.69, 9.17) is 4.74 Å². The van der Waals surface area contributed by atoms with E-state index in [0.717, 1.165) is 41.9 Å². The number of likely N-dealkylation sites (tertiary alicyclic amines) is 1. The van der Waals surface area contributed by atoms with Gasteiger partial charge in [0, 0.05) is 29.4 Å². The smallest absolute Gasteiger partial charge is 0.259 e. The summed E-state index contributed by atoms with van der Waals surface area (Å²) in [6, 6.07) is 15.4. The highest BCUT2D eigenvalue weighted by Gasteiger charge is 2.24. The predicted octanol–water partition coefficient (Wildman–Crippen LogP) is 5.70. The number of pyridine rings is 1. The third-order valence-corrected chi connectivity index (χ3v) is 7.73. The van der Waals surface area contributed by atoms with Crippen molar-refractivity contribution in [2.75, 3.05) is 32.1 Å². The maximum atomic E-state index is 13.4. The highest BCUT2D eigenvalue weighted by Crippen LogP contribution is 2.32. The standard InChI is InChI=1S/C33H39N5O3/c1-7-38-14-8-9-27(38)20-36-31(39)23-12-10-22(11-13-23)28-17-26(19-35-21(28)2)37-32(40)29-16-25(33(3,4)5)15-24(18-34)30(29)41-6/h10-13,15-17,19,27H,7-9,14,20H2,1-6H3,(H,36,39)(H,37,40). The Kier molecular flexibility index (Phi) is 9.09. The maximum Gasteiger partial charge on any atom is 0.259 e. The second-order valence-corrected chi connectivity index (χ2v) is 11.5. The van der Waals surface area contributed by atoms with Crippen molar-refractivity contribution in [2.24, 2.45) is 0 Å². The largest absolute Gasteiger partial charge is 0.495 e. The number of likely N-dealkylation sites (N-methyl/N-ethyl adjacent to an activating group) is 1. The molecule has 1 aromatic heterocycles. The SMILES string of the molecule is CCN1CCCC1CNC(=O)c1ccc(-c2cc(NC(=O)c3cc(C(C)(C)C)cc(C#N)c3OC)cnc2C)cc1. The molecule has 1 aliphatic heterocycles. The van der Waals surface area contributed by atoms with Crippen LogP contribution in [0.15, 0.2) is 48.7 Å². The van der Waals surface area contributed by atoms with Gasteiger partial charge in [0.05, 0.1) is 30.1 Å². The van der Waals surface area contributed by atoms with Gasteiger partial charge in [0.25, 0.3) is 11.8 Å². The fourth-order valence-corrected chi connectivity index (χ4v) is 5.28. The number of hydrogen-bond donors (Lipinski definition) is 2. The summed E-state index contributed by atoms with van der Waals surface area (Å²) in [6.45, 7) is 12.9. The summed E-state index contributed by atoms with van der Waals surface area (Å²) < 4.78 is 5.46. The number of rotatable bonds is 8. The van der Waals surface area contributed by atoms with Gasteiger partial charge in [-0.15, -0.1) is 0 Å². The number of anilines is 1. The van der Waals surface area contributed by atoms with Gasteiger partial charge >= 0.3 is 0 Å². The van der Waals surface area contributed by atoms with Gasteiger partial charge in [-0.2, -0.15) is 5.26 Å². The first-order chi connectivity index (χ1) is 19.5. The minimum atomic E-state index is -0.392. The van der Waals surface area contributed by atoms with Crippen LogP contribution in [0.25, 0.3) is 11.1 Å². The Morgan fingerprint density at radius 2 is 1.88 bits per heavy atom. The van der Waals surface area contributed by atoms with Gasteiger partial charge in [0.1, 0.15) is 11.8 Å². The molecule has 1 unspecified atom stereocenters. The molecule has 214 valence electrons. The molecule has 1 fully saturated rings. The summed E-state index contributed by atoms with van der Waals surface area (Å²) in [7, 11) is 1.45. The second-order valence-electron chi connectivity index (χ2n) is 11.5. The molecule has 1 atom stereocenters. The second kappa shape index (κ2) is 12.5. The average molecular weight is 554 g/mol. The van der Waals surface area contributed by atoms with Crippen LogP contribution in [0.2, 0.25) is 0 Å².